The van der Waals surface area contributed by atoms with Crippen LogP contribution < -0.4 is 0 Å². The number of aryl methyl sites for hydroxylation is 1. The molecule has 2 fully saturated rings. The zero-order valence-corrected chi connectivity index (χ0v) is 14.1. The van der Waals surface area contributed by atoms with Crippen molar-refractivity contribution in [3.05, 3.63) is 41.5 Å². The van der Waals surface area contributed by atoms with E-state index in [0.29, 0.717) is 12.8 Å². The van der Waals surface area contributed by atoms with Crippen LogP contribution in [0.25, 0.3) is 0 Å². The van der Waals surface area contributed by atoms with Crippen LogP contribution in [0, 0.1) is 6.92 Å². The first-order valence-electron chi connectivity index (χ1n) is 7.49. The van der Waals surface area contributed by atoms with Crippen molar-refractivity contribution in [1.29, 1.82) is 0 Å². The Kier molecular flexibility index (Phi) is 3.18. The Labute approximate surface area is 139 Å². The fraction of sp³-hybridized carbons (Fsp3) is 0.438. The third-order valence-electron chi connectivity index (χ3n) is 4.92. The zero-order chi connectivity index (χ0) is 16.4. The van der Waals surface area contributed by atoms with Crippen molar-refractivity contribution in [3.63, 3.8) is 0 Å². The number of benzene rings is 1. The summed E-state index contributed by atoms with van der Waals surface area (Å²) in [5.41, 5.74) is 0.852. The molecule has 1 saturated carbocycles. The van der Waals surface area contributed by atoms with Gasteiger partial charge in [-0.1, -0.05) is 17.7 Å². The van der Waals surface area contributed by atoms with Crippen LogP contribution >= 0.6 is 11.6 Å². The molecule has 3 atom stereocenters. The van der Waals surface area contributed by atoms with Crippen LogP contribution in [0.2, 0.25) is 0 Å². The minimum Gasteiger partial charge on any atom is -0.450 e. The molecule has 1 aliphatic carbocycles. The van der Waals surface area contributed by atoms with E-state index in [0.717, 1.165) is 11.1 Å². The maximum Gasteiger partial charge on any atom is 0.331 e. The fourth-order valence-electron chi connectivity index (χ4n) is 3.82. The maximum absolute atomic E-state index is 13.0. The molecule has 7 heteroatoms. The van der Waals surface area contributed by atoms with Gasteiger partial charge in [0.2, 0.25) is 10.0 Å². The van der Waals surface area contributed by atoms with Crippen LogP contribution in [-0.2, 0) is 19.6 Å². The highest BCUT2D eigenvalue weighted by atomic mass is 35.5. The van der Waals surface area contributed by atoms with Gasteiger partial charge >= 0.3 is 5.97 Å². The number of halogens is 1. The Balaban J connectivity index is 1.73. The van der Waals surface area contributed by atoms with Crippen molar-refractivity contribution in [2.24, 2.45) is 0 Å². The molecule has 1 unspecified atom stereocenters. The van der Waals surface area contributed by atoms with Crippen molar-refractivity contribution >= 4 is 27.6 Å². The molecular formula is C16H16ClNO4S. The number of alkyl halides is 1. The Morgan fingerprint density at radius 1 is 1.30 bits per heavy atom. The molecule has 2 heterocycles. The van der Waals surface area contributed by atoms with E-state index in [9.17, 15) is 13.2 Å². The Morgan fingerprint density at radius 2 is 2.00 bits per heavy atom. The second-order valence-electron chi connectivity index (χ2n) is 6.44. The van der Waals surface area contributed by atoms with Crippen molar-refractivity contribution in [3.8, 4) is 0 Å². The lowest BCUT2D eigenvalue weighted by Gasteiger charge is -2.32. The smallest absolute Gasteiger partial charge is 0.331 e. The molecule has 1 aromatic carbocycles. The van der Waals surface area contributed by atoms with Gasteiger partial charge in [-0.25, -0.2) is 13.2 Å². The van der Waals surface area contributed by atoms with Gasteiger partial charge in [-0.3, -0.25) is 0 Å². The first-order valence-corrected chi connectivity index (χ1v) is 9.37. The van der Waals surface area contributed by atoms with Gasteiger partial charge in [0.25, 0.3) is 0 Å². The number of sulfonamides is 1. The quantitative estimate of drug-likeness (QED) is 0.602. The van der Waals surface area contributed by atoms with E-state index in [1.807, 2.05) is 6.92 Å². The van der Waals surface area contributed by atoms with Crippen LogP contribution in [0.5, 0.6) is 0 Å². The minimum atomic E-state index is -3.64. The lowest BCUT2D eigenvalue weighted by Crippen LogP contribution is -2.39. The molecule has 1 aromatic rings. The van der Waals surface area contributed by atoms with E-state index < -0.39 is 21.6 Å². The highest BCUT2D eigenvalue weighted by Gasteiger charge is 2.60. The molecule has 5 nitrogen and oxygen atoms in total. The van der Waals surface area contributed by atoms with Gasteiger partial charge in [0.1, 0.15) is 0 Å². The third kappa shape index (κ3) is 2.16. The minimum absolute atomic E-state index is 0.147. The molecule has 23 heavy (non-hydrogen) atoms. The predicted molar refractivity (Wildman–Crippen MR) is 84.6 cm³/mol. The number of ether oxygens (including phenoxy) is 1. The Hall–Kier alpha value is -1.37. The van der Waals surface area contributed by atoms with Crippen LogP contribution in [0.4, 0.5) is 0 Å². The molecule has 0 amide bonds. The van der Waals surface area contributed by atoms with E-state index in [-0.39, 0.29) is 22.9 Å². The summed E-state index contributed by atoms with van der Waals surface area (Å²) >= 11 is 6.37. The first kappa shape index (κ1) is 15.2. The van der Waals surface area contributed by atoms with Gasteiger partial charge in [-0.2, -0.15) is 4.31 Å². The number of hydrogen-bond acceptors (Lipinski definition) is 4. The predicted octanol–water partition coefficient (Wildman–Crippen LogP) is 1.99. The van der Waals surface area contributed by atoms with Gasteiger partial charge in [0.15, 0.2) is 5.60 Å². The van der Waals surface area contributed by atoms with Crippen LogP contribution in [-0.4, -0.2) is 42.3 Å². The van der Waals surface area contributed by atoms with E-state index in [1.165, 1.54) is 10.4 Å². The van der Waals surface area contributed by atoms with Gasteiger partial charge < -0.3 is 4.74 Å². The zero-order valence-electron chi connectivity index (χ0n) is 12.5. The van der Waals surface area contributed by atoms with Crippen LogP contribution in [0.3, 0.4) is 0 Å². The first-order chi connectivity index (χ1) is 10.8. The molecule has 0 aromatic heterocycles. The second-order valence-corrected chi connectivity index (χ2v) is 8.86. The lowest BCUT2D eigenvalue weighted by molar-refractivity contribution is -0.145. The molecule has 1 spiro atoms. The number of hydrogen-bond donors (Lipinski definition) is 0. The number of carbonyl (C=O) groups excluding carboxylic acids is 1. The summed E-state index contributed by atoms with van der Waals surface area (Å²) in [7, 11) is -3.64. The average molecular weight is 354 g/mol. The van der Waals surface area contributed by atoms with Crippen LogP contribution in [0.1, 0.15) is 18.4 Å². The van der Waals surface area contributed by atoms with Crippen LogP contribution in [0.15, 0.2) is 40.8 Å². The standard InChI is InChI=1S/C16H16ClNO4S/c1-10-2-4-12(5-3-10)23(20,21)18-9-16-8-11(18)6-14(17)13(16)7-15(19)22-16/h2-5,7,11,14H,6,8-9H2,1H3/t11-,14?,16-/m1/s1. The SMILES string of the molecule is Cc1ccc(S(=O)(=O)N2C[C@]34C[C@H]2CC(Cl)C3=CC(=O)O4)cc1. The Bertz CT molecular complexity index is 817. The number of rotatable bonds is 2. The van der Waals surface area contributed by atoms with Crippen molar-refractivity contribution in [2.45, 2.75) is 41.7 Å². The molecule has 4 rings (SSSR count). The summed E-state index contributed by atoms with van der Waals surface area (Å²) in [6, 6.07) is 6.53. The number of carbonyl (C=O) groups is 1. The largest absolute Gasteiger partial charge is 0.450 e. The summed E-state index contributed by atoms with van der Waals surface area (Å²) in [5.74, 6) is -0.430. The highest BCUT2D eigenvalue weighted by Crippen LogP contribution is 2.50. The molecular weight excluding hydrogens is 338 g/mol. The van der Waals surface area contributed by atoms with Crippen molar-refractivity contribution in [2.75, 3.05) is 6.54 Å². The molecule has 0 N–H and O–H groups in total. The monoisotopic (exact) mass is 353 g/mol. The molecule has 3 aliphatic rings. The second kappa shape index (κ2) is 4.82. The van der Waals surface area contributed by atoms with Gasteiger partial charge in [-0.05, 0) is 31.1 Å². The van der Waals surface area contributed by atoms with Crippen molar-refractivity contribution in [1.82, 2.24) is 4.31 Å². The summed E-state index contributed by atoms with van der Waals surface area (Å²) in [6.45, 7) is 2.06. The lowest BCUT2D eigenvalue weighted by atomic mass is 9.82. The number of nitrogens with zero attached hydrogens (tertiary/aromatic N) is 1. The summed E-state index contributed by atoms with van der Waals surface area (Å²) in [5, 5.41) is -0.363. The summed E-state index contributed by atoms with van der Waals surface area (Å²) in [6.07, 6.45) is 2.41. The van der Waals surface area contributed by atoms with Crippen molar-refractivity contribution < 1.29 is 17.9 Å². The summed E-state index contributed by atoms with van der Waals surface area (Å²) in [4.78, 5) is 11.9. The molecule has 2 bridgehead atoms. The van der Waals surface area contributed by atoms with E-state index in [1.54, 1.807) is 24.3 Å². The maximum atomic E-state index is 13.0. The third-order valence-corrected chi connectivity index (χ3v) is 7.25. The fourth-order valence-corrected chi connectivity index (χ4v) is 5.97. The van der Waals surface area contributed by atoms with E-state index in [2.05, 4.69) is 0 Å². The molecule has 2 aliphatic heterocycles. The number of esters is 1. The average Bonchev–Trinajstić information content (AvgIpc) is 2.98. The topological polar surface area (TPSA) is 63.7 Å². The van der Waals surface area contributed by atoms with E-state index in [4.69, 9.17) is 16.3 Å². The van der Waals surface area contributed by atoms with Gasteiger partial charge in [0, 0.05) is 18.5 Å². The molecule has 122 valence electrons. The highest BCUT2D eigenvalue weighted by molar-refractivity contribution is 7.89. The van der Waals surface area contributed by atoms with Gasteiger partial charge in [-0.15, -0.1) is 11.6 Å². The van der Waals surface area contributed by atoms with E-state index >= 15 is 0 Å². The normalized spacial score (nSPS) is 33.3. The molecule has 1 saturated heterocycles. The molecule has 0 radical (unpaired) electrons. The van der Waals surface area contributed by atoms with Gasteiger partial charge in [0.05, 0.1) is 16.8 Å². The summed E-state index contributed by atoms with van der Waals surface area (Å²) < 4.78 is 32.9. The Morgan fingerprint density at radius 3 is 2.70 bits per heavy atom. The number of fused-ring (bicyclic) bond motifs is 1.